The number of aliphatic carboxylic acids is 4. The molecule has 0 bridgehead atoms. The van der Waals surface area contributed by atoms with Gasteiger partial charge in [0.05, 0.1) is 26.2 Å². The summed E-state index contributed by atoms with van der Waals surface area (Å²) in [4.78, 5) is 44.4. The molecule has 0 saturated carbocycles. The monoisotopic (exact) mass is 494 g/mol. The molecule has 11 heteroatoms. The number of carbonyl (C=O) groups is 4. The first-order chi connectivity index (χ1) is 9.20. The van der Waals surface area contributed by atoms with Gasteiger partial charge in [0.15, 0.2) is 0 Å². The minimum atomic E-state index is -1.23. The van der Waals surface area contributed by atoms with Crippen LogP contribution in [0, 0.1) is 0 Å². The summed E-state index contributed by atoms with van der Waals surface area (Å²) in [6, 6.07) is 0. The zero-order valence-corrected chi connectivity index (χ0v) is 16.8. The smallest absolute Gasteiger partial charge is 0.317 e. The van der Waals surface area contributed by atoms with Crippen molar-refractivity contribution in [3.63, 3.8) is 0 Å². The van der Waals surface area contributed by atoms with Crippen LogP contribution in [0.1, 0.15) is 0 Å². The number of hydrogen-bond acceptors (Lipinski definition) is 6. The van der Waals surface area contributed by atoms with Crippen LogP contribution in [0.15, 0.2) is 0 Å². The summed E-state index contributed by atoms with van der Waals surface area (Å²) in [5, 5.41) is 34.5. The standard InChI is InChI=1S/C10H16N2O8.Hg/c13-7(14)3-11(4-8(15)16)1-2-12(5-9(17)18)6-10(19)20;/h1-6H2,(H,13,14)(H,15,16)(H,17,18)(H,19,20);. The fraction of sp³-hybridized carbons (Fsp3) is 0.600. The van der Waals surface area contributed by atoms with Gasteiger partial charge in [-0.1, -0.05) is 0 Å². The maximum absolute atomic E-state index is 10.6. The Balaban J connectivity index is 0. The van der Waals surface area contributed by atoms with Gasteiger partial charge in [-0.25, -0.2) is 0 Å². The normalized spacial score (nSPS) is 10.2. The van der Waals surface area contributed by atoms with Gasteiger partial charge in [-0.3, -0.25) is 29.0 Å². The minimum absolute atomic E-state index is 0. The Bertz CT molecular complexity index is 321. The van der Waals surface area contributed by atoms with Crippen molar-refractivity contribution in [3.8, 4) is 0 Å². The largest absolute Gasteiger partial charge is 0.480 e. The number of carboxylic acids is 4. The van der Waals surface area contributed by atoms with Crippen LogP contribution >= 0.6 is 0 Å². The van der Waals surface area contributed by atoms with Crippen LogP contribution in [0.25, 0.3) is 0 Å². The van der Waals surface area contributed by atoms with Crippen molar-refractivity contribution >= 4 is 23.9 Å². The molecule has 21 heavy (non-hydrogen) atoms. The van der Waals surface area contributed by atoms with E-state index in [2.05, 4.69) is 0 Å². The molecular weight excluding hydrogens is 477 g/mol. The van der Waals surface area contributed by atoms with Crippen molar-refractivity contribution in [2.24, 2.45) is 0 Å². The molecule has 0 spiro atoms. The van der Waals surface area contributed by atoms with E-state index in [1.54, 1.807) is 0 Å². The second kappa shape index (κ2) is 11.4. The molecule has 0 aliphatic rings. The molecule has 0 saturated heterocycles. The van der Waals surface area contributed by atoms with E-state index in [1.807, 2.05) is 0 Å². The number of rotatable bonds is 11. The van der Waals surface area contributed by atoms with Crippen LogP contribution in [0.3, 0.4) is 0 Å². The van der Waals surface area contributed by atoms with E-state index in [9.17, 15) is 19.2 Å². The molecule has 0 radical (unpaired) electrons. The first-order valence-corrected chi connectivity index (χ1v) is 5.52. The van der Waals surface area contributed by atoms with Crippen LogP contribution in [-0.4, -0.2) is 93.4 Å². The van der Waals surface area contributed by atoms with Gasteiger partial charge >= 0.3 is 23.9 Å². The average molecular weight is 493 g/mol. The van der Waals surface area contributed by atoms with Crippen molar-refractivity contribution in [2.45, 2.75) is 0 Å². The predicted molar refractivity (Wildman–Crippen MR) is 63.4 cm³/mol. The van der Waals surface area contributed by atoms with Gasteiger partial charge in [0.25, 0.3) is 0 Å². The van der Waals surface area contributed by atoms with Crippen molar-refractivity contribution in [2.75, 3.05) is 39.3 Å². The Morgan fingerprint density at radius 2 is 0.762 bits per heavy atom. The maximum Gasteiger partial charge on any atom is 0.317 e. The van der Waals surface area contributed by atoms with E-state index < -0.39 is 50.1 Å². The third-order valence-corrected chi connectivity index (χ3v) is 2.17. The van der Waals surface area contributed by atoms with E-state index in [0.717, 1.165) is 9.80 Å². The quantitative estimate of drug-likeness (QED) is 0.236. The van der Waals surface area contributed by atoms with E-state index >= 15 is 0 Å². The Labute approximate surface area is 140 Å². The SMILES string of the molecule is O=C(O)CN(CCN(CC(=O)O)CC(=O)O)CC(=O)O.[Hg]. The summed E-state index contributed by atoms with van der Waals surface area (Å²) in [6.45, 7) is -2.25. The summed E-state index contributed by atoms with van der Waals surface area (Å²) in [7, 11) is 0. The summed E-state index contributed by atoms with van der Waals surface area (Å²) >= 11 is 0. The maximum atomic E-state index is 10.6. The van der Waals surface area contributed by atoms with Gasteiger partial charge in [0.1, 0.15) is 0 Å². The van der Waals surface area contributed by atoms with E-state index in [4.69, 9.17) is 20.4 Å². The summed E-state index contributed by atoms with van der Waals surface area (Å²) in [5.41, 5.74) is 0. The Kier molecular flexibility index (Phi) is 12.0. The van der Waals surface area contributed by atoms with E-state index in [1.165, 1.54) is 0 Å². The van der Waals surface area contributed by atoms with Crippen molar-refractivity contribution in [3.05, 3.63) is 0 Å². The van der Waals surface area contributed by atoms with Gasteiger partial charge in [0, 0.05) is 40.8 Å². The molecule has 0 aromatic carbocycles. The van der Waals surface area contributed by atoms with Crippen LogP contribution < -0.4 is 0 Å². The molecule has 0 fully saturated rings. The van der Waals surface area contributed by atoms with Crippen LogP contribution in [0.5, 0.6) is 0 Å². The van der Waals surface area contributed by atoms with Crippen molar-refractivity contribution in [1.29, 1.82) is 0 Å². The molecule has 4 N–H and O–H groups in total. The predicted octanol–water partition coefficient (Wildman–Crippen LogP) is -2.07. The average Bonchev–Trinajstić information content (AvgIpc) is 2.22. The first kappa shape index (κ1) is 22.0. The van der Waals surface area contributed by atoms with Gasteiger partial charge in [-0.2, -0.15) is 0 Å². The third kappa shape index (κ3) is 13.5. The molecule has 0 atom stereocenters. The Morgan fingerprint density at radius 3 is 0.905 bits per heavy atom. The second-order valence-corrected chi connectivity index (χ2v) is 4.00. The minimum Gasteiger partial charge on any atom is -0.480 e. The molecule has 0 aliphatic carbocycles. The zero-order chi connectivity index (χ0) is 15.7. The Hall–Kier alpha value is -1.26. The molecule has 116 valence electrons. The number of carboxylic acid groups (broad SMARTS) is 4. The van der Waals surface area contributed by atoms with Crippen molar-refractivity contribution in [1.82, 2.24) is 9.80 Å². The molecule has 10 nitrogen and oxygen atoms in total. The fourth-order valence-electron chi connectivity index (χ4n) is 1.48. The summed E-state index contributed by atoms with van der Waals surface area (Å²) in [6.07, 6.45) is 0. The van der Waals surface area contributed by atoms with E-state index in [0.29, 0.717) is 0 Å². The molecule has 0 amide bonds. The van der Waals surface area contributed by atoms with Crippen LogP contribution in [-0.2, 0) is 46.8 Å². The molecular formula is C10H16HgN2O8. The summed E-state index contributed by atoms with van der Waals surface area (Å²) in [5.74, 6) is -4.91. The zero-order valence-electron chi connectivity index (χ0n) is 11.3. The molecule has 0 unspecified atom stereocenters. The molecule has 0 aromatic heterocycles. The molecule has 0 aromatic rings. The van der Waals surface area contributed by atoms with Crippen LogP contribution in [0.4, 0.5) is 0 Å². The molecule has 0 rings (SSSR count). The Morgan fingerprint density at radius 1 is 0.571 bits per heavy atom. The summed E-state index contributed by atoms with van der Waals surface area (Å²) < 4.78 is 0. The third-order valence-electron chi connectivity index (χ3n) is 2.17. The second-order valence-electron chi connectivity index (χ2n) is 4.00. The van der Waals surface area contributed by atoms with E-state index in [-0.39, 0.29) is 40.8 Å². The topological polar surface area (TPSA) is 156 Å². The molecule has 0 aliphatic heterocycles. The van der Waals surface area contributed by atoms with Gasteiger partial charge in [-0.15, -0.1) is 0 Å². The van der Waals surface area contributed by atoms with Crippen LogP contribution in [0.2, 0.25) is 0 Å². The number of nitrogens with zero attached hydrogens (tertiary/aromatic N) is 2. The molecule has 0 heterocycles. The fourth-order valence-corrected chi connectivity index (χ4v) is 1.48. The van der Waals surface area contributed by atoms with Gasteiger partial charge < -0.3 is 20.4 Å². The van der Waals surface area contributed by atoms with Gasteiger partial charge in [0.2, 0.25) is 0 Å². The van der Waals surface area contributed by atoms with Crippen molar-refractivity contribution < 1.29 is 67.3 Å². The first-order valence-electron chi connectivity index (χ1n) is 5.52. The van der Waals surface area contributed by atoms with Gasteiger partial charge in [-0.05, 0) is 0 Å². The number of hydrogen-bond donors (Lipinski definition) is 4.